The molecule has 0 spiro atoms. The molecule has 0 aliphatic heterocycles. The van der Waals surface area contributed by atoms with E-state index >= 15 is 0 Å². The first-order valence-electron chi connectivity index (χ1n) is 6.48. The quantitative estimate of drug-likeness (QED) is 0.666. The van der Waals surface area contributed by atoms with Crippen molar-refractivity contribution in [1.29, 1.82) is 0 Å². The normalized spacial score (nSPS) is 33.6. The van der Waals surface area contributed by atoms with Crippen LogP contribution in [-0.4, -0.2) is 24.0 Å². The van der Waals surface area contributed by atoms with Crippen LogP contribution in [-0.2, 0) is 0 Å². The van der Waals surface area contributed by atoms with E-state index in [2.05, 4.69) is 32.6 Å². The lowest BCUT2D eigenvalue weighted by Crippen LogP contribution is -2.46. The summed E-state index contributed by atoms with van der Waals surface area (Å²) in [6.07, 6.45) is 5.72. The fourth-order valence-corrected chi connectivity index (χ4v) is 3.26. The second kappa shape index (κ2) is 5.75. The first-order chi connectivity index (χ1) is 6.74. The summed E-state index contributed by atoms with van der Waals surface area (Å²) in [5, 5.41) is 0. The summed E-state index contributed by atoms with van der Waals surface area (Å²) in [5.41, 5.74) is 0. The third kappa shape index (κ3) is 2.50. The molecule has 0 aromatic heterocycles. The average Bonchev–Trinajstić information content (AvgIpc) is 2.22. The van der Waals surface area contributed by atoms with Crippen LogP contribution in [0.5, 0.6) is 0 Å². The van der Waals surface area contributed by atoms with Crippen molar-refractivity contribution in [3.63, 3.8) is 0 Å². The van der Waals surface area contributed by atoms with Gasteiger partial charge in [-0.3, -0.25) is 0 Å². The molecule has 0 aromatic carbocycles. The average molecular weight is 197 g/mol. The molecule has 0 N–H and O–H groups in total. The van der Waals surface area contributed by atoms with E-state index in [-0.39, 0.29) is 0 Å². The van der Waals surface area contributed by atoms with Gasteiger partial charge in [-0.2, -0.15) is 0 Å². The Morgan fingerprint density at radius 3 is 2.21 bits per heavy atom. The highest BCUT2D eigenvalue weighted by Gasteiger charge is 2.32. The number of nitrogens with zero attached hydrogens (tertiary/aromatic N) is 1. The van der Waals surface area contributed by atoms with Crippen molar-refractivity contribution in [2.75, 3.05) is 13.1 Å². The molecule has 1 aliphatic rings. The Morgan fingerprint density at radius 1 is 1.07 bits per heavy atom. The zero-order valence-electron chi connectivity index (χ0n) is 10.4. The van der Waals surface area contributed by atoms with Crippen LogP contribution in [0.1, 0.15) is 53.4 Å². The molecule has 0 amide bonds. The number of hydrogen-bond acceptors (Lipinski definition) is 1. The Balaban J connectivity index is 2.66. The summed E-state index contributed by atoms with van der Waals surface area (Å²) < 4.78 is 0. The first-order valence-corrected chi connectivity index (χ1v) is 6.48. The SMILES string of the molecule is CCC1CCCC(C)C1N(CC)CC. The molecule has 0 aromatic rings. The maximum atomic E-state index is 2.68. The van der Waals surface area contributed by atoms with E-state index in [9.17, 15) is 0 Å². The van der Waals surface area contributed by atoms with Crippen LogP contribution in [0.4, 0.5) is 0 Å². The van der Waals surface area contributed by atoms with Crippen molar-refractivity contribution in [2.45, 2.75) is 59.4 Å². The Morgan fingerprint density at radius 2 is 1.71 bits per heavy atom. The molecule has 1 heteroatoms. The molecule has 0 bridgehead atoms. The van der Waals surface area contributed by atoms with Gasteiger partial charge in [0.1, 0.15) is 0 Å². The number of rotatable bonds is 4. The van der Waals surface area contributed by atoms with Crippen molar-refractivity contribution in [3.05, 3.63) is 0 Å². The van der Waals surface area contributed by atoms with Gasteiger partial charge in [0.2, 0.25) is 0 Å². The Bertz CT molecular complexity index is 144. The summed E-state index contributed by atoms with van der Waals surface area (Å²) in [6.45, 7) is 11.9. The summed E-state index contributed by atoms with van der Waals surface area (Å²) >= 11 is 0. The topological polar surface area (TPSA) is 3.24 Å². The molecular formula is C13H27N. The Labute approximate surface area is 89.9 Å². The molecule has 0 saturated heterocycles. The summed E-state index contributed by atoms with van der Waals surface area (Å²) in [4.78, 5) is 2.68. The fourth-order valence-electron chi connectivity index (χ4n) is 3.26. The van der Waals surface area contributed by atoms with Gasteiger partial charge in [-0.25, -0.2) is 0 Å². The van der Waals surface area contributed by atoms with Crippen LogP contribution >= 0.6 is 0 Å². The third-order valence-corrected chi connectivity index (χ3v) is 4.06. The van der Waals surface area contributed by atoms with E-state index in [1.54, 1.807) is 0 Å². The molecule has 1 nitrogen and oxygen atoms in total. The van der Waals surface area contributed by atoms with Crippen LogP contribution in [0.15, 0.2) is 0 Å². The van der Waals surface area contributed by atoms with Gasteiger partial charge < -0.3 is 4.90 Å². The van der Waals surface area contributed by atoms with Gasteiger partial charge in [-0.05, 0) is 37.8 Å². The van der Waals surface area contributed by atoms with Gasteiger partial charge in [0.05, 0.1) is 0 Å². The van der Waals surface area contributed by atoms with E-state index in [1.807, 2.05) is 0 Å². The van der Waals surface area contributed by atoms with E-state index in [0.29, 0.717) is 0 Å². The predicted octanol–water partition coefficient (Wildman–Crippen LogP) is 3.54. The van der Waals surface area contributed by atoms with E-state index in [1.165, 1.54) is 38.8 Å². The van der Waals surface area contributed by atoms with Gasteiger partial charge in [-0.15, -0.1) is 0 Å². The largest absolute Gasteiger partial charge is 0.300 e. The van der Waals surface area contributed by atoms with Crippen molar-refractivity contribution < 1.29 is 0 Å². The van der Waals surface area contributed by atoms with Gasteiger partial charge in [0.15, 0.2) is 0 Å². The Hall–Kier alpha value is -0.0400. The third-order valence-electron chi connectivity index (χ3n) is 4.06. The van der Waals surface area contributed by atoms with Gasteiger partial charge in [0.25, 0.3) is 0 Å². The highest BCUT2D eigenvalue weighted by atomic mass is 15.2. The van der Waals surface area contributed by atoms with E-state index in [0.717, 1.165) is 17.9 Å². The summed E-state index contributed by atoms with van der Waals surface area (Å²) in [5.74, 6) is 1.87. The van der Waals surface area contributed by atoms with Crippen molar-refractivity contribution >= 4 is 0 Å². The van der Waals surface area contributed by atoms with Crippen molar-refractivity contribution in [1.82, 2.24) is 4.90 Å². The van der Waals surface area contributed by atoms with Gasteiger partial charge in [0, 0.05) is 6.04 Å². The van der Waals surface area contributed by atoms with Crippen molar-refractivity contribution in [3.8, 4) is 0 Å². The lowest BCUT2D eigenvalue weighted by molar-refractivity contribution is 0.0679. The van der Waals surface area contributed by atoms with Crippen LogP contribution in [0, 0.1) is 11.8 Å². The van der Waals surface area contributed by atoms with Gasteiger partial charge in [-0.1, -0.05) is 40.5 Å². The van der Waals surface area contributed by atoms with Crippen molar-refractivity contribution in [2.24, 2.45) is 11.8 Å². The minimum Gasteiger partial charge on any atom is -0.300 e. The number of hydrogen-bond donors (Lipinski definition) is 0. The first kappa shape index (κ1) is 12.0. The van der Waals surface area contributed by atoms with Gasteiger partial charge >= 0.3 is 0 Å². The molecule has 1 fully saturated rings. The standard InChI is InChI=1S/C13H27N/c1-5-12-10-8-9-11(4)13(12)14(6-2)7-3/h11-13H,5-10H2,1-4H3. The predicted molar refractivity (Wildman–Crippen MR) is 63.5 cm³/mol. The minimum atomic E-state index is 0.865. The molecule has 3 atom stereocenters. The van der Waals surface area contributed by atoms with E-state index < -0.39 is 0 Å². The lowest BCUT2D eigenvalue weighted by Gasteiger charge is -2.43. The molecular weight excluding hydrogens is 170 g/mol. The van der Waals surface area contributed by atoms with Crippen LogP contribution < -0.4 is 0 Å². The molecule has 0 radical (unpaired) electrons. The highest BCUT2D eigenvalue weighted by molar-refractivity contribution is 4.86. The summed E-state index contributed by atoms with van der Waals surface area (Å²) in [7, 11) is 0. The summed E-state index contributed by atoms with van der Waals surface area (Å²) in [6, 6.07) is 0.865. The zero-order valence-corrected chi connectivity index (χ0v) is 10.4. The fraction of sp³-hybridized carbons (Fsp3) is 1.00. The molecule has 3 unspecified atom stereocenters. The zero-order chi connectivity index (χ0) is 10.6. The maximum Gasteiger partial charge on any atom is 0.0149 e. The van der Waals surface area contributed by atoms with Crippen LogP contribution in [0.25, 0.3) is 0 Å². The van der Waals surface area contributed by atoms with Crippen LogP contribution in [0.3, 0.4) is 0 Å². The second-order valence-corrected chi connectivity index (χ2v) is 4.79. The molecule has 1 rings (SSSR count). The molecule has 84 valence electrons. The smallest absolute Gasteiger partial charge is 0.0149 e. The lowest BCUT2D eigenvalue weighted by atomic mass is 9.75. The van der Waals surface area contributed by atoms with E-state index in [4.69, 9.17) is 0 Å². The molecule has 1 saturated carbocycles. The second-order valence-electron chi connectivity index (χ2n) is 4.79. The maximum absolute atomic E-state index is 2.68. The molecule has 1 aliphatic carbocycles. The minimum absolute atomic E-state index is 0.865. The monoisotopic (exact) mass is 197 g/mol. The molecule has 14 heavy (non-hydrogen) atoms. The molecule has 0 heterocycles. The Kier molecular flexibility index (Phi) is 4.94. The van der Waals surface area contributed by atoms with Crippen LogP contribution in [0.2, 0.25) is 0 Å². The highest BCUT2D eigenvalue weighted by Crippen LogP contribution is 2.34.